The van der Waals surface area contributed by atoms with E-state index in [2.05, 4.69) is 78.3 Å². The van der Waals surface area contributed by atoms with Gasteiger partial charge in [0.2, 0.25) is 0 Å². The van der Waals surface area contributed by atoms with Gasteiger partial charge in [0.15, 0.2) is 0 Å². The third kappa shape index (κ3) is 23.5. The summed E-state index contributed by atoms with van der Waals surface area (Å²) in [6, 6.07) is 38.4. The van der Waals surface area contributed by atoms with Crippen LogP contribution in [-0.2, 0) is 19.6 Å². The molecule has 0 aromatic heterocycles. The largest absolute Gasteiger partial charge is 0.493 e. The van der Waals surface area contributed by atoms with Crippen molar-refractivity contribution < 1.29 is 42.8 Å². The molecule has 16 nitrogen and oxygen atoms in total. The fourth-order valence-electron chi connectivity index (χ4n) is 8.50. The summed E-state index contributed by atoms with van der Waals surface area (Å²) in [7, 11) is 0. The molecule has 0 saturated heterocycles. The number of ether oxygens (including phenoxy) is 6. The van der Waals surface area contributed by atoms with Gasteiger partial charge in [-0.25, -0.2) is 14.4 Å². The van der Waals surface area contributed by atoms with E-state index in [9.17, 15) is 14.4 Å². The van der Waals surface area contributed by atoms with Crippen molar-refractivity contribution in [2.75, 3.05) is 71.5 Å². The summed E-state index contributed by atoms with van der Waals surface area (Å²) in [4.78, 5) is 43.1. The van der Waals surface area contributed by atoms with Crippen molar-refractivity contribution in [1.82, 2.24) is 4.90 Å². The number of amides is 6. The highest BCUT2D eigenvalue weighted by Crippen LogP contribution is 2.31. The normalized spacial score (nSPS) is 10.9. The lowest BCUT2D eigenvalue weighted by Gasteiger charge is -2.24. The van der Waals surface area contributed by atoms with Crippen LogP contribution in [0.1, 0.15) is 135 Å². The van der Waals surface area contributed by atoms with E-state index in [1.54, 1.807) is 36.4 Å². The Labute approximate surface area is 486 Å². The Bertz CT molecular complexity index is 2510. The lowest BCUT2D eigenvalue weighted by atomic mass is 10.1. The highest BCUT2D eigenvalue weighted by molar-refractivity contribution is 6.01. The molecule has 0 unspecified atom stereocenters. The molecule has 6 aromatic rings. The second kappa shape index (κ2) is 35.6. The van der Waals surface area contributed by atoms with Gasteiger partial charge < -0.3 is 60.3 Å². The van der Waals surface area contributed by atoms with Crippen LogP contribution < -0.4 is 60.3 Å². The van der Waals surface area contributed by atoms with Crippen molar-refractivity contribution in [2.24, 2.45) is 0 Å². The van der Waals surface area contributed by atoms with Gasteiger partial charge in [-0.2, -0.15) is 0 Å². The van der Waals surface area contributed by atoms with Gasteiger partial charge >= 0.3 is 18.1 Å². The number of carbonyl (C=O) groups excluding carboxylic acids is 3. The van der Waals surface area contributed by atoms with Crippen LogP contribution in [0.25, 0.3) is 0 Å². The van der Waals surface area contributed by atoms with Gasteiger partial charge in [-0.3, -0.25) is 4.90 Å². The summed E-state index contributed by atoms with van der Waals surface area (Å²) in [6.07, 6.45) is 11.5. The molecule has 440 valence electrons. The van der Waals surface area contributed by atoms with Crippen LogP contribution in [0, 0.1) is 0 Å². The average molecular weight is 1120 g/mol. The molecule has 0 spiro atoms. The summed E-state index contributed by atoms with van der Waals surface area (Å²) in [5.41, 5.74) is 6.29. The molecule has 6 aromatic carbocycles. The molecule has 0 radical (unpaired) electrons. The van der Waals surface area contributed by atoms with E-state index in [1.165, 1.54) is 0 Å². The maximum atomic E-state index is 13.6. The predicted octanol–water partition coefficient (Wildman–Crippen LogP) is 16.9. The van der Waals surface area contributed by atoms with E-state index < -0.39 is 18.1 Å². The minimum atomic E-state index is -0.413. The number of anilines is 6. The van der Waals surface area contributed by atoms with Gasteiger partial charge in [0, 0.05) is 108 Å². The smallest absolute Gasteiger partial charge is 0.323 e. The van der Waals surface area contributed by atoms with E-state index in [-0.39, 0.29) is 0 Å². The van der Waals surface area contributed by atoms with Crippen LogP contribution in [0.4, 0.5) is 48.5 Å². The second-order valence-electron chi connectivity index (χ2n) is 20.3. The molecule has 82 heavy (non-hydrogen) atoms. The zero-order chi connectivity index (χ0) is 58.2. The van der Waals surface area contributed by atoms with Crippen LogP contribution in [0.15, 0.2) is 127 Å². The Morgan fingerprint density at radius 1 is 0.305 bits per heavy atom. The Kier molecular flexibility index (Phi) is 27.4. The standard InChI is InChI=1S/C66H87N7O9/c1-7-13-28-77-58-37-55(38-59(43-58)78-29-14-8-2)70-64(74)67-52-25-19-22-49(34-52)46-73(47-50-23-20-26-53(35-50)68-65(75)71-56-39-60(79-30-15-9-3)44-61(40-56)80-31-16-10-4)48-51-24-21-27-54(36-51)69-66(76)72-57-41-62(81-32-17-11-5)45-63(42-57)82-33-18-12-6/h19-27,34-45H,7-18,28-33,46-48H2,1-6H3,(H2,67,70,74)(H2,68,71,75)(H2,69,72,76). The van der Waals surface area contributed by atoms with Crippen LogP contribution in [0.3, 0.4) is 0 Å². The first-order valence-corrected chi connectivity index (χ1v) is 29.5. The topological polar surface area (TPSA) is 182 Å². The average Bonchev–Trinajstić information content (AvgIpc) is 3.52. The molecule has 6 rings (SSSR count). The Morgan fingerprint density at radius 2 is 0.524 bits per heavy atom. The monoisotopic (exact) mass is 1120 g/mol. The van der Waals surface area contributed by atoms with Gasteiger partial charge in [0.1, 0.15) is 34.5 Å². The molecule has 0 aliphatic heterocycles. The summed E-state index contributed by atoms with van der Waals surface area (Å²) in [5, 5.41) is 18.0. The van der Waals surface area contributed by atoms with Crippen LogP contribution in [0.5, 0.6) is 34.5 Å². The Balaban J connectivity index is 1.20. The van der Waals surface area contributed by atoms with Crippen molar-refractivity contribution in [3.8, 4) is 34.5 Å². The van der Waals surface area contributed by atoms with Gasteiger partial charge in [-0.1, -0.05) is 116 Å². The lowest BCUT2D eigenvalue weighted by molar-refractivity contribution is 0.248. The third-order valence-corrected chi connectivity index (χ3v) is 12.8. The Morgan fingerprint density at radius 3 is 0.744 bits per heavy atom. The molecule has 16 heteroatoms. The van der Waals surface area contributed by atoms with E-state index in [1.807, 2.05) is 91.0 Å². The first kappa shape index (κ1) is 63.1. The lowest BCUT2D eigenvalue weighted by Crippen LogP contribution is -2.24. The molecule has 0 aliphatic rings. The maximum absolute atomic E-state index is 13.6. The molecule has 0 saturated carbocycles. The van der Waals surface area contributed by atoms with Crippen LogP contribution in [0.2, 0.25) is 0 Å². The molecule has 0 aliphatic carbocycles. The molecule has 0 atom stereocenters. The van der Waals surface area contributed by atoms with Gasteiger partial charge in [-0.05, 0) is 91.6 Å². The summed E-state index contributed by atoms with van der Waals surface area (Å²) in [5.74, 6) is 3.76. The molecule has 0 bridgehead atoms. The molecule has 6 amide bonds. The van der Waals surface area contributed by atoms with E-state index in [0.29, 0.717) is 128 Å². The van der Waals surface area contributed by atoms with Crippen LogP contribution in [-0.4, -0.2) is 62.6 Å². The van der Waals surface area contributed by atoms with Crippen LogP contribution >= 0.6 is 0 Å². The number of benzene rings is 6. The third-order valence-electron chi connectivity index (χ3n) is 12.8. The van der Waals surface area contributed by atoms with Crippen molar-refractivity contribution in [3.05, 3.63) is 144 Å². The molecule has 6 N–H and O–H groups in total. The number of nitrogens with zero attached hydrogens (tertiary/aromatic N) is 1. The minimum absolute atomic E-state index is 0.413. The highest BCUT2D eigenvalue weighted by Gasteiger charge is 2.16. The number of nitrogens with one attached hydrogen (secondary N) is 6. The Hall–Kier alpha value is -8.11. The zero-order valence-corrected chi connectivity index (χ0v) is 49.1. The quantitative estimate of drug-likeness (QED) is 0.0207. The van der Waals surface area contributed by atoms with E-state index >= 15 is 0 Å². The van der Waals surface area contributed by atoms with Gasteiger partial charge in [0.05, 0.1) is 39.6 Å². The van der Waals surface area contributed by atoms with E-state index in [0.717, 1.165) is 93.7 Å². The summed E-state index contributed by atoms with van der Waals surface area (Å²) < 4.78 is 36.1. The molecular weight excluding hydrogens is 1030 g/mol. The molecular formula is C66H87N7O9. The SMILES string of the molecule is CCCCOc1cc(NC(=O)Nc2cccc(CN(Cc3cccc(NC(=O)Nc4cc(OCCCC)cc(OCCCC)c4)c3)Cc3cccc(NC(=O)Nc4cc(OCCCC)cc(OCCCC)c4)c3)c2)cc(OCCCC)c1. The molecule has 0 heterocycles. The zero-order valence-electron chi connectivity index (χ0n) is 49.1. The number of unbranched alkanes of at least 4 members (excludes halogenated alkanes) is 6. The maximum Gasteiger partial charge on any atom is 0.323 e. The van der Waals surface area contributed by atoms with E-state index in [4.69, 9.17) is 28.4 Å². The minimum Gasteiger partial charge on any atom is -0.493 e. The number of hydrogen-bond donors (Lipinski definition) is 6. The number of hydrogen-bond acceptors (Lipinski definition) is 10. The van der Waals surface area contributed by atoms with Crippen molar-refractivity contribution in [2.45, 2.75) is 138 Å². The second-order valence-corrected chi connectivity index (χ2v) is 20.3. The fraction of sp³-hybridized carbons (Fsp3) is 0.409. The van der Waals surface area contributed by atoms with Gasteiger partial charge in [0.25, 0.3) is 0 Å². The number of urea groups is 3. The fourth-order valence-corrected chi connectivity index (χ4v) is 8.50. The predicted molar refractivity (Wildman–Crippen MR) is 332 cm³/mol. The molecule has 0 fully saturated rings. The summed E-state index contributed by atoms with van der Waals surface area (Å²) >= 11 is 0. The summed E-state index contributed by atoms with van der Waals surface area (Å²) in [6.45, 7) is 17.5. The number of carbonyl (C=O) groups is 3. The van der Waals surface area contributed by atoms with Crippen molar-refractivity contribution in [1.29, 1.82) is 0 Å². The van der Waals surface area contributed by atoms with Crippen molar-refractivity contribution >= 4 is 52.2 Å². The number of rotatable bonds is 36. The first-order chi connectivity index (χ1) is 40.0. The highest BCUT2D eigenvalue weighted by atomic mass is 16.5. The first-order valence-electron chi connectivity index (χ1n) is 29.5. The van der Waals surface area contributed by atoms with Crippen molar-refractivity contribution in [3.63, 3.8) is 0 Å². The van der Waals surface area contributed by atoms with Gasteiger partial charge in [-0.15, -0.1) is 0 Å².